The lowest BCUT2D eigenvalue weighted by atomic mass is 10.1. The molecule has 3 amide bonds. The number of nitrogens with two attached hydrogens (primary N) is 1. The molecule has 0 aromatic carbocycles. The molecule has 0 spiro atoms. The van der Waals surface area contributed by atoms with Gasteiger partial charge in [0.15, 0.2) is 0 Å². The largest absolute Gasteiger partial charge is 0.370 e. The van der Waals surface area contributed by atoms with Gasteiger partial charge in [-0.25, -0.2) is 0 Å². The molecule has 0 fully saturated rings. The number of carbonyl (C=O) groups excluding carboxylic acids is 3. The number of pyridine rings is 1. The van der Waals surface area contributed by atoms with Crippen LogP contribution in [0.1, 0.15) is 142 Å². The van der Waals surface area contributed by atoms with Crippen LogP contribution in [0.4, 0.5) is 5.69 Å². The van der Waals surface area contributed by atoms with Crippen LogP contribution in [0.15, 0.2) is 158 Å². The monoisotopic (exact) mass is 819 g/mol. The first-order valence-electron chi connectivity index (χ1n) is 22.4. The van der Waals surface area contributed by atoms with Gasteiger partial charge in [0.2, 0.25) is 17.7 Å². The quantitative estimate of drug-likeness (QED) is 0.0474. The van der Waals surface area contributed by atoms with E-state index in [-0.39, 0.29) is 17.7 Å². The molecule has 0 radical (unpaired) electrons. The molecular weight excluding hydrogens is 741 g/mol. The van der Waals surface area contributed by atoms with Crippen LogP contribution < -0.4 is 16.4 Å². The number of nitrogens with one attached hydrogen (secondary N) is 2. The maximum Gasteiger partial charge on any atom is 0.224 e. The first-order chi connectivity index (χ1) is 29.5. The Bertz CT molecular complexity index is 1520. The predicted octanol–water partition coefficient (Wildman–Crippen LogP) is 13.6. The highest BCUT2D eigenvalue weighted by Crippen LogP contribution is 2.07. The molecule has 7 nitrogen and oxygen atoms in total. The molecule has 60 heavy (non-hydrogen) atoms. The molecule has 0 aliphatic heterocycles. The number of hydrogen-bond donors (Lipinski definition) is 3. The molecule has 0 unspecified atom stereocenters. The van der Waals surface area contributed by atoms with Crippen molar-refractivity contribution in [1.82, 2.24) is 10.3 Å². The van der Waals surface area contributed by atoms with Crippen molar-refractivity contribution < 1.29 is 14.4 Å². The molecular formula is C53H78N4O3. The van der Waals surface area contributed by atoms with Gasteiger partial charge in [-0.15, -0.1) is 0 Å². The molecule has 0 saturated carbocycles. The van der Waals surface area contributed by atoms with Crippen molar-refractivity contribution >= 4 is 23.4 Å². The molecule has 4 N–H and O–H groups in total. The Balaban J connectivity index is 0.00000126. The summed E-state index contributed by atoms with van der Waals surface area (Å²) in [7, 11) is 0. The van der Waals surface area contributed by atoms with Gasteiger partial charge in [-0.05, 0) is 115 Å². The fourth-order valence-corrected chi connectivity index (χ4v) is 5.18. The van der Waals surface area contributed by atoms with Gasteiger partial charge in [0.1, 0.15) is 0 Å². The van der Waals surface area contributed by atoms with E-state index in [0.29, 0.717) is 25.8 Å². The van der Waals surface area contributed by atoms with E-state index < -0.39 is 0 Å². The summed E-state index contributed by atoms with van der Waals surface area (Å²) >= 11 is 0. The van der Waals surface area contributed by atoms with E-state index in [2.05, 4.69) is 157 Å². The molecule has 328 valence electrons. The van der Waals surface area contributed by atoms with Gasteiger partial charge >= 0.3 is 0 Å². The Kier molecular flexibility index (Phi) is 42.3. The van der Waals surface area contributed by atoms with Crippen molar-refractivity contribution in [3.05, 3.63) is 158 Å². The Morgan fingerprint density at radius 3 is 1.27 bits per heavy atom. The summed E-state index contributed by atoms with van der Waals surface area (Å²) in [6.07, 6.45) is 68.9. The zero-order chi connectivity index (χ0) is 43.7. The van der Waals surface area contributed by atoms with Crippen molar-refractivity contribution in [3.63, 3.8) is 0 Å². The lowest BCUT2D eigenvalue weighted by molar-refractivity contribution is -0.121. The zero-order valence-electron chi connectivity index (χ0n) is 37.1. The summed E-state index contributed by atoms with van der Waals surface area (Å²) in [5.74, 6) is -0.118. The average Bonchev–Trinajstić information content (AvgIpc) is 3.24. The van der Waals surface area contributed by atoms with Crippen LogP contribution in [0.3, 0.4) is 0 Å². The standard InChI is InChI=1S/C31H45N3O2.C22H33NO/c1-2-3-4-5-6-7-8-9-10-11-12-13-14-15-16-17-19-22-30(35)33-26-21-18-20-23-31(36)34-29-24-27-32-28-25-29;1-2-3-4-5-6-7-8-9-10-11-12-13-14-15-16-17-18-19-20-21-22(23)24/h3-4,6-7,9-10,12-13,15-16,24-25,27-28H,2,5,8,11,14,17-23,26H2,1H3,(H,33,35)(H,32,34,36);3-4,6-7,9-10,12-13,15-16,18-19H,2,5,8,11,14,17,20-21H2,1H3,(H2,23,24)/b4-3-,7-6-,10-9-,13-12-,16-15-;4-3-,7-6-,10-9-,13-12-,16-15-,19-18-. The van der Waals surface area contributed by atoms with Crippen LogP contribution in [-0.4, -0.2) is 29.3 Å². The van der Waals surface area contributed by atoms with Crippen LogP contribution in [-0.2, 0) is 14.4 Å². The van der Waals surface area contributed by atoms with Crippen molar-refractivity contribution in [1.29, 1.82) is 0 Å². The molecule has 0 aliphatic rings. The number of nitrogens with zero attached hydrogens (tertiary/aromatic N) is 1. The first kappa shape index (κ1) is 54.7. The highest BCUT2D eigenvalue weighted by Gasteiger charge is 2.03. The Labute approximate surface area is 365 Å². The number of amides is 3. The molecule has 1 aromatic rings. The summed E-state index contributed by atoms with van der Waals surface area (Å²) in [6, 6.07) is 3.55. The first-order valence-corrected chi connectivity index (χ1v) is 22.4. The molecule has 0 saturated heterocycles. The second-order valence-corrected chi connectivity index (χ2v) is 14.0. The summed E-state index contributed by atoms with van der Waals surface area (Å²) in [4.78, 5) is 38.3. The number of allylic oxidation sites excluding steroid dienone is 22. The number of unbranched alkanes of at least 4 members (excludes halogenated alkanes) is 3. The second-order valence-electron chi connectivity index (χ2n) is 14.0. The van der Waals surface area contributed by atoms with Gasteiger partial charge in [0.05, 0.1) is 0 Å². The third kappa shape index (κ3) is 45.4. The Morgan fingerprint density at radius 1 is 0.467 bits per heavy atom. The van der Waals surface area contributed by atoms with Gasteiger partial charge in [0.25, 0.3) is 0 Å². The zero-order valence-corrected chi connectivity index (χ0v) is 37.1. The predicted molar refractivity (Wildman–Crippen MR) is 259 cm³/mol. The topological polar surface area (TPSA) is 114 Å². The lowest BCUT2D eigenvalue weighted by Crippen LogP contribution is -2.24. The van der Waals surface area contributed by atoms with E-state index >= 15 is 0 Å². The van der Waals surface area contributed by atoms with Crippen LogP contribution in [0.5, 0.6) is 0 Å². The van der Waals surface area contributed by atoms with Gasteiger partial charge in [0, 0.05) is 43.9 Å². The minimum atomic E-state index is -0.241. The number of aromatic nitrogens is 1. The third-order valence-corrected chi connectivity index (χ3v) is 8.45. The van der Waals surface area contributed by atoms with Crippen molar-refractivity contribution in [2.45, 2.75) is 142 Å². The smallest absolute Gasteiger partial charge is 0.224 e. The number of hydrogen-bond acceptors (Lipinski definition) is 4. The molecule has 1 aromatic heterocycles. The van der Waals surface area contributed by atoms with E-state index in [0.717, 1.165) is 115 Å². The highest BCUT2D eigenvalue weighted by molar-refractivity contribution is 5.90. The van der Waals surface area contributed by atoms with Crippen molar-refractivity contribution in [2.24, 2.45) is 5.73 Å². The summed E-state index contributed by atoms with van der Waals surface area (Å²) in [5, 5.41) is 5.82. The highest BCUT2D eigenvalue weighted by atomic mass is 16.2. The van der Waals surface area contributed by atoms with E-state index in [1.807, 2.05) is 6.08 Å². The minimum Gasteiger partial charge on any atom is -0.370 e. The number of rotatable bonds is 34. The van der Waals surface area contributed by atoms with Crippen LogP contribution in [0.25, 0.3) is 0 Å². The van der Waals surface area contributed by atoms with E-state index in [1.54, 1.807) is 24.5 Å². The van der Waals surface area contributed by atoms with Crippen molar-refractivity contribution in [3.8, 4) is 0 Å². The van der Waals surface area contributed by atoms with E-state index in [4.69, 9.17) is 5.73 Å². The molecule has 0 atom stereocenters. The average molecular weight is 819 g/mol. The fraction of sp³-hybridized carbons (Fsp3) is 0.434. The number of carbonyl (C=O) groups is 3. The molecule has 1 heterocycles. The van der Waals surface area contributed by atoms with Gasteiger partial charge in [-0.3, -0.25) is 19.4 Å². The molecule has 0 aliphatic carbocycles. The normalized spacial score (nSPS) is 12.4. The number of primary amides is 1. The third-order valence-electron chi connectivity index (χ3n) is 8.45. The summed E-state index contributed by atoms with van der Waals surface area (Å²) in [5.41, 5.74) is 5.83. The Morgan fingerprint density at radius 2 is 0.850 bits per heavy atom. The van der Waals surface area contributed by atoms with Gasteiger partial charge in [-0.1, -0.05) is 154 Å². The van der Waals surface area contributed by atoms with Gasteiger partial charge in [-0.2, -0.15) is 0 Å². The molecule has 0 bridgehead atoms. The lowest BCUT2D eigenvalue weighted by Gasteiger charge is -2.06. The maximum absolute atomic E-state index is 11.9. The minimum absolute atomic E-state index is 0.0141. The Hall–Kier alpha value is -5.30. The van der Waals surface area contributed by atoms with Gasteiger partial charge < -0.3 is 16.4 Å². The molecule has 7 heteroatoms. The fourth-order valence-electron chi connectivity index (χ4n) is 5.18. The SMILES string of the molecule is CC/C=C\C/C=C\C/C=C\C/C=C\C/C=C\C/C=C\CCC(N)=O.CC/C=C\C/C=C\C/C=C\C/C=C\C/C=C\CCCC(=O)NCCCCCC(=O)Nc1ccncc1. The van der Waals surface area contributed by atoms with Crippen molar-refractivity contribution in [2.75, 3.05) is 11.9 Å². The molecule has 1 rings (SSSR count). The van der Waals surface area contributed by atoms with Crippen LogP contribution >= 0.6 is 0 Å². The summed E-state index contributed by atoms with van der Waals surface area (Å²) in [6.45, 7) is 4.97. The van der Waals surface area contributed by atoms with Crippen LogP contribution in [0.2, 0.25) is 0 Å². The van der Waals surface area contributed by atoms with Crippen LogP contribution in [0, 0.1) is 0 Å². The maximum atomic E-state index is 11.9. The van der Waals surface area contributed by atoms with E-state index in [1.165, 1.54) is 0 Å². The number of anilines is 1. The van der Waals surface area contributed by atoms with E-state index in [9.17, 15) is 14.4 Å². The second kappa shape index (κ2) is 46.4. The summed E-state index contributed by atoms with van der Waals surface area (Å²) < 4.78 is 0.